The third kappa shape index (κ3) is 4.06. The third-order valence-corrected chi connectivity index (χ3v) is 5.56. The average Bonchev–Trinajstić information content (AvgIpc) is 3.18. The van der Waals surface area contributed by atoms with Crippen molar-refractivity contribution in [3.8, 4) is 0 Å². The van der Waals surface area contributed by atoms with Gasteiger partial charge in [-0.15, -0.1) is 11.3 Å². The molecular formula is C20H25N3S. The summed E-state index contributed by atoms with van der Waals surface area (Å²) in [4.78, 5) is 8.21. The van der Waals surface area contributed by atoms with Gasteiger partial charge in [-0.2, -0.15) is 0 Å². The van der Waals surface area contributed by atoms with Gasteiger partial charge in [0.15, 0.2) is 5.96 Å². The number of hydrogen-bond acceptors (Lipinski definition) is 2. The van der Waals surface area contributed by atoms with Crippen LogP contribution in [0.15, 0.2) is 58.9 Å². The Balaban J connectivity index is 1.57. The fourth-order valence-electron chi connectivity index (χ4n) is 3.02. The van der Waals surface area contributed by atoms with E-state index in [9.17, 15) is 0 Å². The smallest absolute Gasteiger partial charge is 0.193 e. The van der Waals surface area contributed by atoms with Crippen LogP contribution in [0.2, 0.25) is 0 Å². The topological polar surface area (TPSA) is 27.6 Å². The number of nitrogens with one attached hydrogen (secondary N) is 1. The predicted octanol–water partition coefficient (Wildman–Crippen LogP) is 4.22. The van der Waals surface area contributed by atoms with Crippen LogP contribution >= 0.6 is 11.3 Å². The van der Waals surface area contributed by atoms with Crippen molar-refractivity contribution in [1.29, 1.82) is 0 Å². The number of benzene rings is 1. The van der Waals surface area contributed by atoms with Gasteiger partial charge in [-0.3, -0.25) is 4.99 Å². The first kappa shape index (κ1) is 16.8. The number of aliphatic imine (C=N–C) groups is 1. The van der Waals surface area contributed by atoms with E-state index in [1.165, 1.54) is 16.0 Å². The molecule has 0 radical (unpaired) electrons. The number of rotatable bonds is 4. The first-order valence-corrected chi connectivity index (χ1v) is 9.39. The van der Waals surface area contributed by atoms with Crippen LogP contribution in [0.4, 0.5) is 0 Å². The standard InChI is InChI=1S/C20H25N3S/c1-16(19-9-6-14-24-19)15-22-20(21-2)23-12-10-18(11-13-23)17-7-4-3-5-8-17/h3-10,14,16H,11-13,15H2,1-2H3,(H,21,22). The van der Waals surface area contributed by atoms with E-state index in [1.807, 2.05) is 18.4 Å². The molecule has 126 valence electrons. The predicted molar refractivity (Wildman–Crippen MR) is 105 cm³/mol. The molecule has 2 heterocycles. The van der Waals surface area contributed by atoms with Crippen LogP contribution in [-0.4, -0.2) is 37.5 Å². The Labute approximate surface area is 148 Å². The van der Waals surface area contributed by atoms with Gasteiger partial charge in [-0.05, 0) is 29.0 Å². The maximum absolute atomic E-state index is 4.47. The molecule has 4 heteroatoms. The molecule has 24 heavy (non-hydrogen) atoms. The molecule has 3 nitrogen and oxygen atoms in total. The lowest BCUT2D eigenvalue weighted by Crippen LogP contribution is -2.44. The Morgan fingerprint density at radius 2 is 2.08 bits per heavy atom. The molecule has 1 unspecified atom stereocenters. The normalized spacial score (nSPS) is 16.7. The first-order chi connectivity index (χ1) is 11.8. The molecule has 0 spiro atoms. The zero-order valence-electron chi connectivity index (χ0n) is 14.4. The molecule has 0 amide bonds. The van der Waals surface area contributed by atoms with E-state index >= 15 is 0 Å². The summed E-state index contributed by atoms with van der Waals surface area (Å²) in [7, 11) is 1.87. The van der Waals surface area contributed by atoms with E-state index in [2.05, 4.69) is 76.1 Å². The summed E-state index contributed by atoms with van der Waals surface area (Å²) in [5.41, 5.74) is 2.78. The van der Waals surface area contributed by atoms with Gasteiger partial charge in [-0.1, -0.05) is 49.4 Å². The van der Waals surface area contributed by atoms with E-state index in [0.717, 1.165) is 32.0 Å². The molecule has 3 rings (SSSR count). The first-order valence-electron chi connectivity index (χ1n) is 8.51. The summed E-state index contributed by atoms with van der Waals surface area (Å²) in [5, 5.41) is 5.68. The quantitative estimate of drug-likeness (QED) is 0.667. The van der Waals surface area contributed by atoms with Gasteiger partial charge in [0.1, 0.15) is 0 Å². The maximum atomic E-state index is 4.47. The van der Waals surface area contributed by atoms with Crippen molar-refractivity contribution in [3.63, 3.8) is 0 Å². The molecule has 1 aromatic carbocycles. The van der Waals surface area contributed by atoms with E-state index in [0.29, 0.717) is 5.92 Å². The Bertz CT molecular complexity index is 689. The number of nitrogens with zero attached hydrogens (tertiary/aromatic N) is 2. The van der Waals surface area contributed by atoms with E-state index < -0.39 is 0 Å². The zero-order valence-corrected chi connectivity index (χ0v) is 15.2. The van der Waals surface area contributed by atoms with Crippen molar-refractivity contribution in [2.45, 2.75) is 19.3 Å². The molecule has 2 aromatic rings. The molecule has 0 fully saturated rings. The van der Waals surface area contributed by atoms with Crippen LogP contribution in [0.1, 0.15) is 29.7 Å². The highest BCUT2D eigenvalue weighted by molar-refractivity contribution is 7.10. The Morgan fingerprint density at radius 3 is 2.71 bits per heavy atom. The van der Waals surface area contributed by atoms with Crippen LogP contribution < -0.4 is 5.32 Å². The second-order valence-corrected chi connectivity index (χ2v) is 7.12. The summed E-state index contributed by atoms with van der Waals surface area (Å²) in [6.07, 6.45) is 3.39. The number of guanidine groups is 1. The highest BCUT2D eigenvalue weighted by Crippen LogP contribution is 2.22. The fraction of sp³-hybridized carbons (Fsp3) is 0.350. The van der Waals surface area contributed by atoms with E-state index in [-0.39, 0.29) is 0 Å². The number of thiophene rings is 1. The van der Waals surface area contributed by atoms with Crippen molar-refractivity contribution in [2.75, 3.05) is 26.7 Å². The van der Waals surface area contributed by atoms with Gasteiger partial charge in [0.25, 0.3) is 0 Å². The third-order valence-electron chi connectivity index (χ3n) is 4.46. The van der Waals surface area contributed by atoms with Gasteiger partial charge in [0.2, 0.25) is 0 Å². The van der Waals surface area contributed by atoms with Crippen LogP contribution in [0, 0.1) is 0 Å². The molecule has 1 aliphatic rings. The summed E-state index contributed by atoms with van der Waals surface area (Å²) >= 11 is 1.82. The lowest BCUT2D eigenvalue weighted by molar-refractivity contribution is 0.438. The van der Waals surface area contributed by atoms with Crippen molar-refractivity contribution in [2.24, 2.45) is 4.99 Å². The molecule has 0 saturated carbocycles. The summed E-state index contributed by atoms with van der Waals surface area (Å²) in [5.74, 6) is 1.50. The lowest BCUT2D eigenvalue weighted by atomic mass is 10.00. The van der Waals surface area contributed by atoms with Crippen molar-refractivity contribution in [1.82, 2.24) is 10.2 Å². The minimum Gasteiger partial charge on any atom is -0.356 e. The summed E-state index contributed by atoms with van der Waals surface area (Å²) < 4.78 is 0. The monoisotopic (exact) mass is 339 g/mol. The Kier molecular flexibility index (Phi) is 5.70. The number of hydrogen-bond donors (Lipinski definition) is 1. The molecule has 1 aliphatic heterocycles. The fourth-order valence-corrected chi connectivity index (χ4v) is 3.81. The largest absolute Gasteiger partial charge is 0.356 e. The van der Waals surface area contributed by atoms with Gasteiger partial charge in [0.05, 0.1) is 0 Å². The van der Waals surface area contributed by atoms with Gasteiger partial charge in [0, 0.05) is 37.5 Å². The second kappa shape index (κ2) is 8.15. The molecule has 1 atom stereocenters. The van der Waals surface area contributed by atoms with E-state index in [4.69, 9.17) is 0 Å². The van der Waals surface area contributed by atoms with Gasteiger partial charge < -0.3 is 10.2 Å². The zero-order chi connectivity index (χ0) is 16.8. The van der Waals surface area contributed by atoms with Crippen LogP contribution in [-0.2, 0) is 0 Å². The minimum absolute atomic E-state index is 0.502. The summed E-state index contributed by atoms with van der Waals surface area (Å²) in [6.45, 7) is 5.10. The van der Waals surface area contributed by atoms with Crippen LogP contribution in [0.5, 0.6) is 0 Å². The molecule has 1 N–H and O–H groups in total. The molecular weight excluding hydrogens is 314 g/mol. The highest BCUT2D eigenvalue weighted by atomic mass is 32.1. The van der Waals surface area contributed by atoms with Crippen LogP contribution in [0.25, 0.3) is 5.57 Å². The molecule has 0 bridgehead atoms. The second-order valence-electron chi connectivity index (χ2n) is 6.14. The Morgan fingerprint density at radius 1 is 1.25 bits per heavy atom. The van der Waals surface area contributed by atoms with E-state index in [1.54, 1.807) is 0 Å². The average molecular weight is 340 g/mol. The summed E-state index contributed by atoms with van der Waals surface area (Å²) in [6, 6.07) is 15.0. The molecule has 1 aromatic heterocycles. The lowest BCUT2D eigenvalue weighted by Gasteiger charge is -2.30. The Hall–Kier alpha value is -2.07. The molecule has 0 aliphatic carbocycles. The van der Waals surface area contributed by atoms with Crippen molar-refractivity contribution < 1.29 is 0 Å². The maximum Gasteiger partial charge on any atom is 0.193 e. The van der Waals surface area contributed by atoms with Crippen molar-refractivity contribution in [3.05, 3.63) is 64.4 Å². The SMILES string of the molecule is CN=C(NCC(C)c1cccs1)N1CC=C(c2ccccc2)CC1. The highest BCUT2D eigenvalue weighted by Gasteiger charge is 2.17. The molecule has 0 saturated heterocycles. The minimum atomic E-state index is 0.502. The van der Waals surface area contributed by atoms with Crippen LogP contribution in [0.3, 0.4) is 0 Å². The van der Waals surface area contributed by atoms with Crippen molar-refractivity contribution >= 4 is 22.9 Å². The van der Waals surface area contributed by atoms with Gasteiger partial charge in [-0.25, -0.2) is 0 Å². The van der Waals surface area contributed by atoms with Gasteiger partial charge >= 0.3 is 0 Å².